The summed E-state index contributed by atoms with van der Waals surface area (Å²) >= 11 is 0. The van der Waals surface area contributed by atoms with E-state index in [0.29, 0.717) is 25.4 Å². The normalized spacial score (nSPS) is 12.1. The maximum Gasteiger partial charge on any atom is 0.138 e. The maximum absolute atomic E-state index is 12.1. The molecule has 0 aliphatic heterocycles. The summed E-state index contributed by atoms with van der Waals surface area (Å²) in [5.41, 5.74) is 6.65. The van der Waals surface area contributed by atoms with Gasteiger partial charge in [-0.05, 0) is 43.7 Å². The molecule has 1 aromatic rings. The molecule has 1 rings (SSSR count). The van der Waals surface area contributed by atoms with Gasteiger partial charge in [-0.25, -0.2) is 0 Å². The molecule has 4 heteroatoms. The van der Waals surface area contributed by atoms with Gasteiger partial charge in [0.05, 0.1) is 18.2 Å². The lowest BCUT2D eigenvalue weighted by molar-refractivity contribution is -0.119. The van der Waals surface area contributed by atoms with Gasteiger partial charge in [-0.2, -0.15) is 5.10 Å². The third kappa shape index (κ3) is 6.00. The third-order valence-electron chi connectivity index (χ3n) is 4.26. The number of hydrogen-bond donors (Lipinski definition) is 1. The summed E-state index contributed by atoms with van der Waals surface area (Å²) in [6.07, 6.45) is 7.06. The summed E-state index contributed by atoms with van der Waals surface area (Å²) in [5.74, 6) is 0.273. The summed E-state index contributed by atoms with van der Waals surface area (Å²) in [7, 11) is 0. The van der Waals surface area contributed by atoms with Crippen molar-refractivity contribution in [2.45, 2.75) is 72.3 Å². The van der Waals surface area contributed by atoms with Gasteiger partial charge in [-0.15, -0.1) is 0 Å². The molecule has 0 amide bonds. The number of nitrogens with two attached hydrogens (primary N) is 1. The van der Waals surface area contributed by atoms with E-state index in [4.69, 9.17) is 5.73 Å². The first-order valence-corrected chi connectivity index (χ1v) is 8.17. The summed E-state index contributed by atoms with van der Waals surface area (Å²) < 4.78 is 2.00. The molecule has 0 radical (unpaired) electrons. The minimum atomic E-state index is 0.152. The van der Waals surface area contributed by atoms with Gasteiger partial charge in [0.25, 0.3) is 0 Å². The summed E-state index contributed by atoms with van der Waals surface area (Å²) in [6, 6.07) is 2.42. The highest BCUT2D eigenvalue weighted by Crippen LogP contribution is 2.26. The average Bonchev–Trinajstić information content (AvgIpc) is 2.86. The highest BCUT2D eigenvalue weighted by molar-refractivity contribution is 5.80. The van der Waals surface area contributed by atoms with E-state index < -0.39 is 0 Å². The molecule has 0 saturated carbocycles. The summed E-state index contributed by atoms with van der Waals surface area (Å²) in [6.45, 7) is 9.37. The number of ketones is 1. The van der Waals surface area contributed by atoms with Crippen molar-refractivity contribution in [1.82, 2.24) is 9.78 Å². The van der Waals surface area contributed by atoms with E-state index >= 15 is 0 Å². The smallest absolute Gasteiger partial charge is 0.138 e. The first kappa shape index (κ1) is 17.9. The van der Waals surface area contributed by atoms with E-state index in [0.717, 1.165) is 31.4 Å². The SMILES string of the molecule is CCC(CC)n1ccc(CC(=O)CCC(C)(C)CCN)n1. The molecular weight excluding hydrogens is 262 g/mol. The van der Waals surface area contributed by atoms with Gasteiger partial charge in [0, 0.05) is 12.6 Å². The van der Waals surface area contributed by atoms with Crippen LogP contribution in [0.3, 0.4) is 0 Å². The topological polar surface area (TPSA) is 60.9 Å². The minimum absolute atomic E-state index is 0.152. The number of nitrogens with zero attached hydrogens (tertiary/aromatic N) is 2. The lowest BCUT2D eigenvalue weighted by Gasteiger charge is -2.23. The number of Topliss-reactive ketones (excluding diaryl/α,β-unsaturated/α-hetero) is 1. The monoisotopic (exact) mass is 293 g/mol. The molecule has 0 aromatic carbocycles. The van der Waals surface area contributed by atoms with E-state index in [1.54, 1.807) is 0 Å². The Hall–Kier alpha value is -1.16. The van der Waals surface area contributed by atoms with Gasteiger partial charge >= 0.3 is 0 Å². The second-order valence-corrected chi connectivity index (χ2v) is 6.68. The largest absolute Gasteiger partial charge is 0.330 e. The van der Waals surface area contributed by atoms with Crippen LogP contribution in [0, 0.1) is 5.41 Å². The van der Waals surface area contributed by atoms with Gasteiger partial charge in [0.15, 0.2) is 0 Å². The quantitative estimate of drug-likeness (QED) is 0.718. The van der Waals surface area contributed by atoms with Gasteiger partial charge in [-0.3, -0.25) is 9.48 Å². The molecule has 0 atom stereocenters. The van der Waals surface area contributed by atoms with Crippen molar-refractivity contribution in [3.05, 3.63) is 18.0 Å². The number of rotatable bonds is 10. The zero-order valence-corrected chi connectivity index (χ0v) is 14.1. The second kappa shape index (κ2) is 8.32. The lowest BCUT2D eigenvalue weighted by atomic mass is 9.83. The van der Waals surface area contributed by atoms with Crippen LogP contribution in [0.15, 0.2) is 12.3 Å². The molecule has 0 bridgehead atoms. The van der Waals surface area contributed by atoms with E-state index in [1.165, 1.54) is 0 Å². The first-order chi connectivity index (χ1) is 9.91. The fraction of sp³-hybridized carbons (Fsp3) is 0.765. The van der Waals surface area contributed by atoms with E-state index in [2.05, 4.69) is 32.8 Å². The molecule has 0 unspecified atom stereocenters. The molecule has 0 aliphatic rings. The Bertz CT molecular complexity index is 433. The zero-order chi connectivity index (χ0) is 15.9. The van der Waals surface area contributed by atoms with Crippen LogP contribution in [0.1, 0.15) is 71.5 Å². The van der Waals surface area contributed by atoms with Crippen LogP contribution in [-0.4, -0.2) is 22.1 Å². The highest BCUT2D eigenvalue weighted by Gasteiger charge is 2.19. The van der Waals surface area contributed by atoms with Crippen molar-refractivity contribution in [2.75, 3.05) is 6.54 Å². The zero-order valence-electron chi connectivity index (χ0n) is 14.1. The van der Waals surface area contributed by atoms with Crippen LogP contribution in [0.4, 0.5) is 0 Å². The number of aromatic nitrogens is 2. The summed E-state index contributed by atoms with van der Waals surface area (Å²) in [4.78, 5) is 12.1. The molecule has 2 N–H and O–H groups in total. The van der Waals surface area contributed by atoms with E-state index in [9.17, 15) is 4.79 Å². The van der Waals surface area contributed by atoms with Crippen molar-refractivity contribution in [2.24, 2.45) is 11.1 Å². The molecule has 0 spiro atoms. The molecular formula is C17H31N3O. The Labute approximate surface area is 129 Å². The Morgan fingerprint density at radius 1 is 1.33 bits per heavy atom. The van der Waals surface area contributed by atoms with E-state index in [1.807, 2.05) is 16.9 Å². The van der Waals surface area contributed by atoms with Crippen LogP contribution in [0.25, 0.3) is 0 Å². The second-order valence-electron chi connectivity index (χ2n) is 6.68. The molecule has 1 aromatic heterocycles. The molecule has 4 nitrogen and oxygen atoms in total. The minimum Gasteiger partial charge on any atom is -0.330 e. The molecule has 0 saturated heterocycles. The molecule has 1 heterocycles. The van der Waals surface area contributed by atoms with Crippen molar-refractivity contribution in [3.8, 4) is 0 Å². The average molecular weight is 293 g/mol. The third-order valence-corrected chi connectivity index (χ3v) is 4.26. The predicted molar refractivity (Wildman–Crippen MR) is 87.2 cm³/mol. The summed E-state index contributed by atoms with van der Waals surface area (Å²) in [5, 5.41) is 4.55. The van der Waals surface area contributed by atoms with Gasteiger partial charge in [-0.1, -0.05) is 27.7 Å². The van der Waals surface area contributed by atoms with Crippen molar-refractivity contribution in [1.29, 1.82) is 0 Å². The fourth-order valence-electron chi connectivity index (χ4n) is 2.62. The van der Waals surface area contributed by atoms with Gasteiger partial charge in [0.2, 0.25) is 0 Å². The molecule has 0 fully saturated rings. The van der Waals surface area contributed by atoms with Crippen LogP contribution in [0.2, 0.25) is 0 Å². The van der Waals surface area contributed by atoms with Crippen molar-refractivity contribution >= 4 is 5.78 Å². The fourth-order valence-corrected chi connectivity index (χ4v) is 2.62. The van der Waals surface area contributed by atoms with Crippen LogP contribution < -0.4 is 5.73 Å². The van der Waals surface area contributed by atoms with Crippen LogP contribution in [-0.2, 0) is 11.2 Å². The molecule has 120 valence electrons. The Morgan fingerprint density at radius 3 is 2.57 bits per heavy atom. The lowest BCUT2D eigenvalue weighted by Crippen LogP contribution is -2.19. The number of hydrogen-bond acceptors (Lipinski definition) is 3. The molecule has 21 heavy (non-hydrogen) atoms. The van der Waals surface area contributed by atoms with Crippen molar-refractivity contribution in [3.63, 3.8) is 0 Å². The maximum atomic E-state index is 12.1. The Morgan fingerprint density at radius 2 is 2.00 bits per heavy atom. The Kier molecular flexibility index (Phi) is 7.09. The Balaban J connectivity index is 2.48. The number of carbonyl (C=O) groups excluding carboxylic acids is 1. The standard InChI is InChI=1S/C17H31N3O/c1-5-15(6-2)20-12-8-14(19-20)13-16(21)7-9-17(3,4)10-11-18/h8,12,15H,5-7,9-11,13,18H2,1-4H3. The molecule has 0 aliphatic carbocycles. The van der Waals surface area contributed by atoms with Crippen molar-refractivity contribution < 1.29 is 4.79 Å². The highest BCUT2D eigenvalue weighted by atomic mass is 16.1. The van der Waals surface area contributed by atoms with Crippen LogP contribution in [0.5, 0.6) is 0 Å². The predicted octanol–water partition coefficient (Wildman–Crippen LogP) is 3.51. The number of carbonyl (C=O) groups is 1. The van der Waals surface area contributed by atoms with Gasteiger partial charge < -0.3 is 5.73 Å². The van der Waals surface area contributed by atoms with Crippen LogP contribution >= 0.6 is 0 Å². The van der Waals surface area contributed by atoms with E-state index in [-0.39, 0.29) is 11.2 Å². The first-order valence-electron chi connectivity index (χ1n) is 8.17. The van der Waals surface area contributed by atoms with Gasteiger partial charge in [0.1, 0.15) is 5.78 Å².